The number of carbonyl (C=O) groups is 2. The van der Waals surface area contributed by atoms with Crippen LogP contribution in [0.4, 0.5) is 5.69 Å². The van der Waals surface area contributed by atoms with E-state index in [0.29, 0.717) is 30.4 Å². The smallest absolute Gasteiger partial charge is 0.303 e. The number of benzene rings is 1. The Hall–Kier alpha value is -2.24. The molecule has 0 saturated carbocycles. The number of anilines is 1. The molecule has 0 atom stereocenters. The molecule has 0 aromatic heterocycles. The fourth-order valence-corrected chi connectivity index (χ4v) is 2.23. The van der Waals surface area contributed by atoms with Crippen molar-refractivity contribution in [3.63, 3.8) is 0 Å². The zero-order valence-corrected chi connectivity index (χ0v) is 12.1. The van der Waals surface area contributed by atoms with Crippen molar-refractivity contribution in [3.05, 3.63) is 18.2 Å². The first-order valence-corrected chi connectivity index (χ1v) is 6.77. The van der Waals surface area contributed by atoms with E-state index in [0.717, 1.165) is 0 Å². The average Bonchev–Trinajstić information content (AvgIpc) is 2.36. The average molecular weight is 293 g/mol. The van der Waals surface area contributed by atoms with Crippen LogP contribution in [0.5, 0.6) is 11.5 Å². The third-order valence-electron chi connectivity index (χ3n) is 3.09. The number of nitrogens with one attached hydrogen (secondary N) is 1. The van der Waals surface area contributed by atoms with Crippen molar-refractivity contribution in [2.75, 3.05) is 18.5 Å². The molecule has 1 amide bonds. The Balaban J connectivity index is 1.98. The van der Waals surface area contributed by atoms with Gasteiger partial charge in [-0.15, -0.1) is 0 Å². The molecule has 2 N–H and O–H groups in total. The van der Waals surface area contributed by atoms with Gasteiger partial charge in [0.2, 0.25) is 5.91 Å². The minimum absolute atomic E-state index is 0.0540. The Labute approximate surface area is 123 Å². The van der Waals surface area contributed by atoms with Crippen LogP contribution in [0.25, 0.3) is 0 Å². The van der Waals surface area contributed by atoms with Crippen LogP contribution in [-0.2, 0) is 9.59 Å². The first kappa shape index (κ1) is 15.2. The zero-order chi connectivity index (χ0) is 15.5. The van der Waals surface area contributed by atoms with Crippen LogP contribution in [0.15, 0.2) is 18.2 Å². The Morgan fingerprint density at radius 3 is 2.52 bits per heavy atom. The Bertz CT molecular complexity index is 553. The molecule has 0 radical (unpaired) electrons. The number of carboxylic acids is 1. The van der Waals surface area contributed by atoms with Crippen molar-refractivity contribution in [1.29, 1.82) is 0 Å². The largest absolute Gasteiger partial charge is 0.486 e. The first-order chi connectivity index (χ1) is 9.85. The van der Waals surface area contributed by atoms with Gasteiger partial charge in [-0.2, -0.15) is 0 Å². The SMILES string of the molecule is CC(C)(CC(=O)O)CC(=O)Nc1ccc2c(c1)OCCO2. The molecule has 1 aliphatic heterocycles. The number of amides is 1. The normalized spacial score (nSPS) is 13.6. The quantitative estimate of drug-likeness (QED) is 0.870. The van der Waals surface area contributed by atoms with Gasteiger partial charge in [-0.05, 0) is 17.5 Å². The highest BCUT2D eigenvalue weighted by Crippen LogP contribution is 2.33. The van der Waals surface area contributed by atoms with Gasteiger partial charge in [-0.1, -0.05) is 13.8 Å². The van der Waals surface area contributed by atoms with Crippen LogP contribution >= 0.6 is 0 Å². The minimum Gasteiger partial charge on any atom is -0.486 e. The number of aliphatic carboxylic acids is 1. The van der Waals surface area contributed by atoms with Crippen molar-refractivity contribution >= 4 is 17.6 Å². The van der Waals surface area contributed by atoms with E-state index >= 15 is 0 Å². The van der Waals surface area contributed by atoms with Crippen molar-refractivity contribution < 1.29 is 24.2 Å². The third-order valence-corrected chi connectivity index (χ3v) is 3.09. The van der Waals surface area contributed by atoms with E-state index in [1.807, 2.05) is 0 Å². The highest BCUT2D eigenvalue weighted by Gasteiger charge is 2.25. The predicted molar refractivity (Wildman–Crippen MR) is 76.7 cm³/mol. The molecule has 2 rings (SSSR count). The number of ether oxygens (including phenoxy) is 2. The van der Waals surface area contributed by atoms with E-state index in [1.54, 1.807) is 32.0 Å². The molecule has 114 valence electrons. The van der Waals surface area contributed by atoms with Crippen molar-refractivity contribution in [2.45, 2.75) is 26.7 Å². The maximum Gasteiger partial charge on any atom is 0.303 e. The fraction of sp³-hybridized carbons (Fsp3) is 0.467. The van der Waals surface area contributed by atoms with Crippen LogP contribution in [-0.4, -0.2) is 30.2 Å². The maximum absolute atomic E-state index is 12.0. The van der Waals surface area contributed by atoms with Crippen LogP contribution < -0.4 is 14.8 Å². The lowest BCUT2D eigenvalue weighted by Crippen LogP contribution is -2.25. The monoisotopic (exact) mass is 293 g/mol. The van der Waals surface area contributed by atoms with Gasteiger partial charge < -0.3 is 19.9 Å². The molecule has 21 heavy (non-hydrogen) atoms. The number of fused-ring (bicyclic) bond motifs is 1. The molecule has 0 unspecified atom stereocenters. The van der Waals surface area contributed by atoms with Crippen LogP contribution in [0.3, 0.4) is 0 Å². The van der Waals surface area contributed by atoms with Gasteiger partial charge in [0.15, 0.2) is 11.5 Å². The number of carboxylic acid groups (broad SMARTS) is 1. The maximum atomic E-state index is 12.0. The molecule has 0 bridgehead atoms. The van der Waals surface area contributed by atoms with Crippen LogP contribution in [0.1, 0.15) is 26.7 Å². The van der Waals surface area contributed by atoms with Gasteiger partial charge in [0.25, 0.3) is 0 Å². The second-order valence-electron chi connectivity index (χ2n) is 5.82. The zero-order valence-electron chi connectivity index (χ0n) is 12.1. The Morgan fingerprint density at radius 2 is 1.86 bits per heavy atom. The summed E-state index contributed by atoms with van der Waals surface area (Å²) in [5, 5.41) is 11.6. The molecule has 0 fully saturated rings. The molecule has 1 aliphatic rings. The molecule has 6 heteroatoms. The lowest BCUT2D eigenvalue weighted by atomic mass is 9.85. The predicted octanol–water partition coefficient (Wildman–Crippen LogP) is 2.29. The van der Waals surface area contributed by atoms with E-state index in [-0.39, 0.29) is 18.7 Å². The summed E-state index contributed by atoms with van der Waals surface area (Å²) in [6, 6.07) is 5.18. The molecule has 0 aliphatic carbocycles. The highest BCUT2D eigenvalue weighted by molar-refractivity contribution is 5.91. The molecular formula is C15H19NO5. The van der Waals surface area contributed by atoms with E-state index in [9.17, 15) is 9.59 Å². The van der Waals surface area contributed by atoms with Crippen molar-refractivity contribution in [1.82, 2.24) is 0 Å². The molecule has 6 nitrogen and oxygen atoms in total. The third kappa shape index (κ3) is 4.37. The summed E-state index contributed by atoms with van der Waals surface area (Å²) in [7, 11) is 0. The van der Waals surface area contributed by atoms with Gasteiger partial charge in [-0.3, -0.25) is 9.59 Å². The lowest BCUT2D eigenvalue weighted by Gasteiger charge is -2.22. The summed E-state index contributed by atoms with van der Waals surface area (Å²) in [6.07, 6.45) is 0.0787. The summed E-state index contributed by atoms with van der Waals surface area (Å²) < 4.78 is 10.8. The molecule has 1 aromatic carbocycles. The Morgan fingerprint density at radius 1 is 1.19 bits per heavy atom. The van der Waals surface area contributed by atoms with Crippen LogP contribution in [0, 0.1) is 5.41 Å². The summed E-state index contributed by atoms with van der Waals surface area (Å²) in [5.74, 6) is 0.124. The molecule has 0 spiro atoms. The summed E-state index contributed by atoms with van der Waals surface area (Å²) in [6.45, 7) is 4.51. The minimum atomic E-state index is -0.910. The van der Waals surface area contributed by atoms with E-state index in [1.165, 1.54) is 0 Å². The highest BCUT2D eigenvalue weighted by atomic mass is 16.6. The second-order valence-corrected chi connectivity index (χ2v) is 5.82. The Kier molecular flexibility index (Phi) is 4.35. The van der Waals surface area contributed by atoms with Gasteiger partial charge >= 0.3 is 5.97 Å². The first-order valence-electron chi connectivity index (χ1n) is 6.77. The van der Waals surface area contributed by atoms with E-state index in [4.69, 9.17) is 14.6 Å². The second kappa shape index (κ2) is 6.03. The number of hydrogen-bond donors (Lipinski definition) is 2. The number of carbonyl (C=O) groups excluding carboxylic acids is 1. The summed E-state index contributed by atoms with van der Waals surface area (Å²) >= 11 is 0. The number of rotatable bonds is 5. The standard InChI is InChI=1S/C15H19NO5/c1-15(2,9-14(18)19)8-13(17)16-10-3-4-11-12(7-10)21-6-5-20-11/h3-4,7H,5-6,8-9H2,1-2H3,(H,16,17)(H,18,19). The fourth-order valence-electron chi connectivity index (χ4n) is 2.23. The summed E-state index contributed by atoms with van der Waals surface area (Å²) in [4.78, 5) is 22.8. The number of hydrogen-bond acceptors (Lipinski definition) is 4. The summed E-state index contributed by atoms with van der Waals surface area (Å²) in [5.41, 5.74) is 0.0133. The van der Waals surface area contributed by atoms with Crippen LogP contribution in [0.2, 0.25) is 0 Å². The van der Waals surface area contributed by atoms with Crippen molar-refractivity contribution in [2.24, 2.45) is 5.41 Å². The van der Waals surface area contributed by atoms with E-state index in [2.05, 4.69) is 5.32 Å². The molecule has 1 heterocycles. The molecule has 1 aromatic rings. The van der Waals surface area contributed by atoms with Gasteiger partial charge in [0.1, 0.15) is 13.2 Å². The van der Waals surface area contributed by atoms with E-state index < -0.39 is 11.4 Å². The van der Waals surface area contributed by atoms with Gasteiger partial charge in [0.05, 0.1) is 6.42 Å². The lowest BCUT2D eigenvalue weighted by molar-refractivity contribution is -0.139. The topological polar surface area (TPSA) is 84.9 Å². The molecule has 0 saturated heterocycles. The van der Waals surface area contributed by atoms with Gasteiger partial charge in [0, 0.05) is 18.2 Å². The molecular weight excluding hydrogens is 274 g/mol. The van der Waals surface area contributed by atoms with Gasteiger partial charge in [-0.25, -0.2) is 0 Å². The van der Waals surface area contributed by atoms with Crippen molar-refractivity contribution in [3.8, 4) is 11.5 Å².